The Hall–Kier alpha value is -1.35. The average Bonchev–Trinajstić information content (AvgIpc) is 2.69. The quantitative estimate of drug-likeness (QED) is 0.732. The molecule has 2 heterocycles. The molecule has 1 atom stereocenters. The van der Waals surface area contributed by atoms with E-state index in [2.05, 4.69) is 36.3 Å². The molecular weight excluding hydrogens is 200 g/mol. The Morgan fingerprint density at radius 3 is 3.00 bits per heavy atom. The molecule has 1 aliphatic heterocycles. The minimum absolute atomic E-state index is 0.132. The van der Waals surface area contributed by atoms with Gasteiger partial charge in [-0.2, -0.15) is 5.10 Å². The van der Waals surface area contributed by atoms with Crippen molar-refractivity contribution in [3.63, 3.8) is 0 Å². The fraction of sp³-hybridized carbons (Fsp3) is 0.462. The second-order valence-electron chi connectivity index (χ2n) is 4.37. The van der Waals surface area contributed by atoms with E-state index in [1.807, 2.05) is 4.68 Å². The number of para-hydroxylation sites is 1. The maximum Gasteiger partial charge on any atom is 0.150 e. The van der Waals surface area contributed by atoms with Crippen LogP contribution in [-0.4, -0.2) is 16.4 Å². The normalized spacial score (nSPS) is 21.4. The Morgan fingerprint density at radius 1 is 1.31 bits per heavy atom. The second kappa shape index (κ2) is 3.91. The van der Waals surface area contributed by atoms with Crippen LogP contribution in [0.4, 0.5) is 0 Å². The standard InChI is InChI=1S/C13H16N2O/c1-10-11-6-2-3-7-12(11)15(14-10)13-8-4-5-9-16-13/h2-3,6-7,13H,4-5,8-9H2,1H3. The fourth-order valence-corrected chi connectivity index (χ4v) is 2.38. The Morgan fingerprint density at radius 2 is 2.19 bits per heavy atom. The number of hydrogen-bond donors (Lipinski definition) is 0. The number of nitrogens with zero attached hydrogens (tertiary/aromatic N) is 2. The number of rotatable bonds is 1. The van der Waals surface area contributed by atoms with Crippen LogP contribution in [0.3, 0.4) is 0 Å². The van der Waals surface area contributed by atoms with E-state index >= 15 is 0 Å². The summed E-state index contributed by atoms with van der Waals surface area (Å²) < 4.78 is 7.83. The smallest absolute Gasteiger partial charge is 0.150 e. The lowest BCUT2D eigenvalue weighted by atomic mass is 10.2. The van der Waals surface area contributed by atoms with Gasteiger partial charge in [-0.15, -0.1) is 0 Å². The number of hydrogen-bond acceptors (Lipinski definition) is 2. The SMILES string of the molecule is Cc1nn(C2CCCCO2)c2ccccc12. The number of benzene rings is 1. The molecule has 0 aliphatic carbocycles. The molecule has 84 valence electrons. The first-order valence-electron chi connectivity index (χ1n) is 5.92. The molecule has 3 nitrogen and oxygen atoms in total. The molecule has 0 bridgehead atoms. The van der Waals surface area contributed by atoms with Crippen molar-refractivity contribution in [2.24, 2.45) is 0 Å². The van der Waals surface area contributed by atoms with Crippen molar-refractivity contribution in [3.8, 4) is 0 Å². The molecule has 0 spiro atoms. The van der Waals surface area contributed by atoms with Crippen molar-refractivity contribution in [3.05, 3.63) is 30.0 Å². The first kappa shape index (κ1) is 9.85. The zero-order valence-corrected chi connectivity index (χ0v) is 9.52. The Kier molecular flexibility index (Phi) is 2.40. The van der Waals surface area contributed by atoms with Crippen LogP contribution in [0.15, 0.2) is 24.3 Å². The fourth-order valence-electron chi connectivity index (χ4n) is 2.38. The van der Waals surface area contributed by atoms with Gasteiger partial charge in [-0.1, -0.05) is 18.2 Å². The lowest BCUT2D eigenvalue weighted by molar-refractivity contribution is -0.0368. The third kappa shape index (κ3) is 1.52. The van der Waals surface area contributed by atoms with E-state index < -0.39 is 0 Å². The van der Waals surface area contributed by atoms with Gasteiger partial charge < -0.3 is 4.74 Å². The van der Waals surface area contributed by atoms with E-state index in [9.17, 15) is 0 Å². The summed E-state index contributed by atoms with van der Waals surface area (Å²) in [5.41, 5.74) is 2.27. The predicted molar refractivity (Wildman–Crippen MR) is 63.3 cm³/mol. The van der Waals surface area contributed by atoms with Crippen LogP contribution >= 0.6 is 0 Å². The monoisotopic (exact) mass is 216 g/mol. The Bertz CT molecular complexity index is 498. The molecule has 0 saturated carbocycles. The van der Waals surface area contributed by atoms with E-state index in [-0.39, 0.29) is 6.23 Å². The van der Waals surface area contributed by atoms with Crippen LogP contribution in [-0.2, 0) is 4.74 Å². The minimum Gasteiger partial charge on any atom is -0.356 e. The third-order valence-electron chi connectivity index (χ3n) is 3.23. The van der Waals surface area contributed by atoms with Gasteiger partial charge in [0, 0.05) is 12.0 Å². The first-order valence-corrected chi connectivity index (χ1v) is 5.92. The van der Waals surface area contributed by atoms with Crippen LogP contribution in [0.5, 0.6) is 0 Å². The zero-order chi connectivity index (χ0) is 11.0. The Labute approximate surface area is 95.0 Å². The highest BCUT2D eigenvalue weighted by atomic mass is 16.5. The van der Waals surface area contributed by atoms with Gasteiger partial charge in [0.25, 0.3) is 0 Å². The van der Waals surface area contributed by atoms with E-state index in [4.69, 9.17) is 4.74 Å². The van der Waals surface area contributed by atoms with Crippen molar-refractivity contribution >= 4 is 10.9 Å². The summed E-state index contributed by atoms with van der Waals surface area (Å²) in [6.45, 7) is 2.92. The molecule has 3 rings (SSSR count). The van der Waals surface area contributed by atoms with Crippen molar-refractivity contribution in [2.75, 3.05) is 6.61 Å². The summed E-state index contributed by atoms with van der Waals surface area (Å²) in [5, 5.41) is 5.84. The lowest BCUT2D eigenvalue weighted by Gasteiger charge is -2.23. The van der Waals surface area contributed by atoms with Crippen LogP contribution in [0, 0.1) is 6.92 Å². The number of ether oxygens (including phenoxy) is 1. The van der Waals surface area contributed by atoms with Crippen molar-refractivity contribution in [2.45, 2.75) is 32.4 Å². The highest BCUT2D eigenvalue weighted by molar-refractivity contribution is 5.81. The molecule has 1 saturated heterocycles. The molecular formula is C13H16N2O. The highest BCUT2D eigenvalue weighted by Gasteiger charge is 2.19. The van der Waals surface area contributed by atoms with Crippen molar-refractivity contribution in [1.29, 1.82) is 0 Å². The third-order valence-corrected chi connectivity index (χ3v) is 3.23. The number of aryl methyl sites for hydroxylation is 1. The molecule has 1 aliphatic rings. The first-order chi connectivity index (χ1) is 7.86. The average molecular weight is 216 g/mol. The molecule has 0 amide bonds. The summed E-state index contributed by atoms with van der Waals surface area (Å²) >= 11 is 0. The van der Waals surface area contributed by atoms with E-state index in [0.717, 1.165) is 18.7 Å². The molecule has 16 heavy (non-hydrogen) atoms. The molecule has 0 radical (unpaired) electrons. The molecule has 1 aromatic carbocycles. The van der Waals surface area contributed by atoms with Gasteiger partial charge >= 0.3 is 0 Å². The maximum absolute atomic E-state index is 5.79. The molecule has 0 N–H and O–H groups in total. The van der Waals surface area contributed by atoms with Crippen LogP contribution in [0.25, 0.3) is 10.9 Å². The van der Waals surface area contributed by atoms with Crippen LogP contribution < -0.4 is 0 Å². The highest BCUT2D eigenvalue weighted by Crippen LogP contribution is 2.27. The van der Waals surface area contributed by atoms with Gasteiger partial charge in [-0.25, -0.2) is 4.68 Å². The number of fused-ring (bicyclic) bond motifs is 1. The lowest BCUT2D eigenvalue weighted by Crippen LogP contribution is -2.19. The number of aromatic nitrogens is 2. The summed E-state index contributed by atoms with van der Waals surface area (Å²) in [6.07, 6.45) is 3.62. The van der Waals surface area contributed by atoms with Gasteiger partial charge in [0.2, 0.25) is 0 Å². The largest absolute Gasteiger partial charge is 0.356 e. The molecule has 3 heteroatoms. The van der Waals surface area contributed by atoms with Gasteiger partial charge in [-0.3, -0.25) is 0 Å². The predicted octanol–water partition coefficient (Wildman–Crippen LogP) is 3.04. The van der Waals surface area contributed by atoms with Gasteiger partial charge in [0.15, 0.2) is 6.23 Å². The van der Waals surface area contributed by atoms with Crippen molar-refractivity contribution < 1.29 is 4.74 Å². The zero-order valence-electron chi connectivity index (χ0n) is 9.52. The topological polar surface area (TPSA) is 27.1 Å². The molecule has 1 aromatic heterocycles. The van der Waals surface area contributed by atoms with Gasteiger partial charge in [-0.05, 0) is 32.3 Å². The summed E-state index contributed by atoms with van der Waals surface area (Å²) in [4.78, 5) is 0. The second-order valence-corrected chi connectivity index (χ2v) is 4.37. The van der Waals surface area contributed by atoms with Crippen molar-refractivity contribution in [1.82, 2.24) is 9.78 Å². The Balaban J connectivity index is 2.08. The maximum atomic E-state index is 5.79. The molecule has 1 fully saturated rings. The molecule has 2 aromatic rings. The van der Waals surface area contributed by atoms with E-state index in [1.54, 1.807) is 0 Å². The van der Waals surface area contributed by atoms with Gasteiger partial charge in [0.1, 0.15) is 0 Å². The summed E-state index contributed by atoms with van der Waals surface area (Å²) in [5.74, 6) is 0. The van der Waals surface area contributed by atoms with Gasteiger partial charge in [0.05, 0.1) is 11.2 Å². The molecule has 1 unspecified atom stereocenters. The summed E-state index contributed by atoms with van der Waals surface area (Å²) in [6, 6.07) is 8.36. The van der Waals surface area contributed by atoms with Crippen LogP contribution in [0.2, 0.25) is 0 Å². The van der Waals surface area contributed by atoms with E-state index in [1.165, 1.54) is 23.7 Å². The van der Waals surface area contributed by atoms with Crippen LogP contribution in [0.1, 0.15) is 31.2 Å². The minimum atomic E-state index is 0.132. The summed E-state index contributed by atoms with van der Waals surface area (Å²) in [7, 11) is 0. The van der Waals surface area contributed by atoms with E-state index in [0.29, 0.717) is 0 Å².